The molecular weight excluding hydrogens is 214 g/mol. The normalized spacial score (nSPS) is 22.9. The standard InChI is InChI=1S/C13H27N3O/c1-5-13(14,6-2)12(17)16-9-8-15(7-3)11(4)10-16/h11H,5-10,14H2,1-4H3. The molecule has 100 valence electrons. The SMILES string of the molecule is CCN1CCN(C(=O)C(N)(CC)CC)CC1C. The van der Waals surface area contributed by atoms with Crippen LogP contribution in [0.3, 0.4) is 0 Å². The van der Waals surface area contributed by atoms with E-state index in [9.17, 15) is 4.79 Å². The highest BCUT2D eigenvalue weighted by Gasteiger charge is 2.36. The summed E-state index contributed by atoms with van der Waals surface area (Å²) in [6.07, 6.45) is 1.43. The third kappa shape index (κ3) is 2.99. The fourth-order valence-electron chi connectivity index (χ4n) is 2.52. The summed E-state index contributed by atoms with van der Waals surface area (Å²) in [5.41, 5.74) is 5.52. The molecule has 0 aromatic carbocycles. The zero-order valence-electron chi connectivity index (χ0n) is 11.7. The molecule has 0 radical (unpaired) electrons. The molecule has 1 rings (SSSR count). The molecule has 1 amide bonds. The van der Waals surface area contributed by atoms with Crippen molar-refractivity contribution in [2.45, 2.75) is 52.1 Å². The Balaban J connectivity index is 2.66. The summed E-state index contributed by atoms with van der Waals surface area (Å²) in [5.74, 6) is 0.130. The van der Waals surface area contributed by atoms with Gasteiger partial charge in [-0.3, -0.25) is 9.69 Å². The number of nitrogens with two attached hydrogens (primary N) is 1. The lowest BCUT2D eigenvalue weighted by atomic mass is 9.92. The lowest BCUT2D eigenvalue weighted by Crippen LogP contribution is -2.61. The van der Waals surface area contributed by atoms with E-state index in [2.05, 4.69) is 18.7 Å². The molecular formula is C13H27N3O. The van der Waals surface area contributed by atoms with Crippen molar-refractivity contribution in [2.75, 3.05) is 26.2 Å². The molecule has 2 N–H and O–H groups in total. The van der Waals surface area contributed by atoms with Crippen molar-refractivity contribution >= 4 is 5.91 Å². The van der Waals surface area contributed by atoms with Gasteiger partial charge >= 0.3 is 0 Å². The quantitative estimate of drug-likeness (QED) is 0.800. The number of carbonyl (C=O) groups excluding carboxylic acids is 1. The van der Waals surface area contributed by atoms with E-state index in [1.165, 1.54) is 0 Å². The number of piperazine rings is 1. The summed E-state index contributed by atoms with van der Waals surface area (Å²) in [5, 5.41) is 0. The van der Waals surface area contributed by atoms with Crippen molar-refractivity contribution in [2.24, 2.45) is 5.73 Å². The van der Waals surface area contributed by atoms with Gasteiger partial charge in [0, 0.05) is 25.7 Å². The zero-order valence-corrected chi connectivity index (χ0v) is 11.7. The number of carbonyl (C=O) groups is 1. The Morgan fingerprint density at radius 1 is 1.29 bits per heavy atom. The van der Waals surface area contributed by atoms with Crippen molar-refractivity contribution in [3.05, 3.63) is 0 Å². The molecule has 1 atom stereocenters. The molecule has 1 unspecified atom stereocenters. The van der Waals surface area contributed by atoms with Gasteiger partial charge in [-0.1, -0.05) is 20.8 Å². The van der Waals surface area contributed by atoms with Gasteiger partial charge in [-0.05, 0) is 26.3 Å². The lowest BCUT2D eigenvalue weighted by molar-refractivity contribution is -0.140. The van der Waals surface area contributed by atoms with Crippen LogP contribution < -0.4 is 5.73 Å². The molecule has 1 saturated heterocycles. The second-order valence-electron chi connectivity index (χ2n) is 5.09. The van der Waals surface area contributed by atoms with E-state index in [4.69, 9.17) is 5.73 Å². The van der Waals surface area contributed by atoms with Crippen LogP contribution >= 0.6 is 0 Å². The van der Waals surface area contributed by atoms with Gasteiger partial charge in [-0.25, -0.2) is 0 Å². The minimum Gasteiger partial charge on any atom is -0.338 e. The number of likely N-dealkylation sites (N-methyl/N-ethyl adjacent to an activating group) is 1. The van der Waals surface area contributed by atoms with Crippen LogP contribution in [0.15, 0.2) is 0 Å². The third-order valence-corrected chi connectivity index (χ3v) is 4.15. The molecule has 1 heterocycles. The molecule has 0 aliphatic carbocycles. The molecule has 17 heavy (non-hydrogen) atoms. The predicted molar refractivity (Wildman–Crippen MR) is 70.8 cm³/mol. The molecule has 1 aliphatic heterocycles. The molecule has 0 aromatic rings. The van der Waals surface area contributed by atoms with Crippen molar-refractivity contribution in [3.8, 4) is 0 Å². The van der Waals surface area contributed by atoms with E-state index in [0.29, 0.717) is 18.9 Å². The Morgan fingerprint density at radius 3 is 2.29 bits per heavy atom. The maximum atomic E-state index is 12.4. The average Bonchev–Trinajstić information content (AvgIpc) is 2.36. The smallest absolute Gasteiger partial charge is 0.242 e. The van der Waals surface area contributed by atoms with E-state index in [1.807, 2.05) is 18.7 Å². The maximum Gasteiger partial charge on any atom is 0.242 e. The molecule has 1 fully saturated rings. The summed E-state index contributed by atoms with van der Waals surface area (Å²) in [7, 11) is 0. The van der Waals surface area contributed by atoms with E-state index in [1.54, 1.807) is 0 Å². The fourth-order valence-corrected chi connectivity index (χ4v) is 2.52. The van der Waals surface area contributed by atoms with E-state index >= 15 is 0 Å². The summed E-state index contributed by atoms with van der Waals surface area (Å²) in [6.45, 7) is 12.0. The third-order valence-electron chi connectivity index (χ3n) is 4.15. The molecule has 4 heteroatoms. The van der Waals surface area contributed by atoms with Crippen LogP contribution in [0, 0.1) is 0 Å². The highest BCUT2D eigenvalue weighted by atomic mass is 16.2. The van der Waals surface area contributed by atoms with Crippen molar-refractivity contribution < 1.29 is 4.79 Å². The van der Waals surface area contributed by atoms with Crippen LogP contribution in [0.1, 0.15) is 40.5 Å². The van der Waals surface area contributed by atoms with Crippen molar-refractivity contribution in [1.29, 1.82) is 0 Å². The van der Waals surface area contributed by atoms with Crippen molar-refractivity contribution in [3.63, 3.8) is 0 Å². The monoisotopic (exact) mass is 241 g/mol. The summed E-state index contributed by atoms with van der Waals surface area (Å²) < 4.78 is 0. The van der Waals surface area contributed by atoms with Gasteiger partial charge < -0.3 is 10.6 Å². The first kappa shape index (κ1) is 14.5. The Morgan fingerprint density at radius 2 is 1.88 bits per heavy atom. The van der Waals surface area contributed by atoms with Crippen LogP contribution in [0.2, 0.25) is 0 Å². The highest BCUT2D eigenvalue weighted by Crippen LogP contribution is 2.18. The Hall–Kier alpha value is -0.610. The number of nitrogens with zero attached hydrogens (tertiary/aromatic N) is 2. The van der Waals surface area contributed by atoms with E-state index in [0.717, 1.165) is 26.2 Å². The van der Waals surface area contributed by atoms with Crippen LogP contribution in [0.5, 0.6) is 0 Å². The van der Waals surface area contributed by atoms with Gasteiger partial charge in [-0.15, -0.1) is 0 Å². The zero-order chi connectivity index (χ0) is 13.1. The minimum absolute atomic E-state index is 0.130. The minimum atomic E-state index is -0.659. The van der Waals surface area contributed by atoms with Gasteiger partial charge in [0.15, 0.2) is 0 Å². The number of hydrogen-bond donors (Lipinski definition) is 1. The summed E-state index contributed by atoms with van der Waals surface area (Å²) in [6, 6.07) is 0.440. The lowest BCUT2D eigenvalue weighted by Gasteiger charge is -2.42. The Labute approximate surface area is 105 Å². The second-order valence-corrected chi connectivity index (χ2v) is 5.09. The maximum absolute atomic E-state index is 12.4. The molecule has 0 aromatic heterocycles. The Bertz CT molecular complexity index is 263. The van der Waals surface area contributed by atoms with Crippen LogP contribution in [-0.2, 0) is 4.79 Å². The van der Waals surface area contributed by atoms with Gasteiger partial charge in [0.2, 0.25) is 5.91 Å². The second kappa shape index (κ2) is 5.83. The fraction of sp³-hybridized carbons (Fsp3) is 0.923. The molecule has 0 bridgehead atoms. The number of rotatable bonds is 4. The van der Waals surface area contributed by atoms with Gasteiger partial charge in [0.1, 0.15) is 0 Å². The van der Waals surface area contributed by atoms with E-state index < -0.39 is 5.54 Å². The number of amides is 1. The Kier molecular flexibility index (Phi) is 4.95. The summed E-state index contributed by atoms with van der Waals surface area (Å²) in [4.78, 5) is 16.8. The van der Waals surface area contributed by atoms with Crippen LogP contribution in [-0.4, -0.2) is 53.5 Å². The van der Waals surface area contributed by atoms with Crippen molar-refractivity contribution in [1.82, 2.24) is 9.80 Å². The van der Waals surface area contributed by atoms with E-state index in [-0.39, 0.29) is 5.91 Å². The first-order valence-electron chi connectivity index (χ1n) is 6.80. The predicted octanol–water partition coefficient (Wildman–Crippen LogP) is 1.06. The topological polar surface area (TPSA) is 49.6 Å². The van der Waals surface area contributed by atoms with Gasteiger partial charge in [0.25, 0.3) is 0 Å². The number of hydrogen-bond acceptors (Lipinski definition) is 3. The molecule has 0 saturated carbocycles. The molecule has 1 aliphatic rings. The van der Waals surface area contributed by atoms with Crippen LogP contribution in [0.25, 0.3) is 0 Å². The first-order chi connectivity index (χ1) is 7.98. The first-order valence-corrected chi connectivity index (χ1v) is 6.80. The highest BCUT2D eigenvalue weighted by molar-refractivity contribution is 5.86. The summed E-state index contributed by atoms with van der Waals surface area (Å²) >= 11 is 0. The average molecular weight is 241 g/mol. The largest absolute Gasteiger partial charge is 0.338 e. The molecule has 4 nitrogen and oxygen atoms in total. The van der Waals surface area contributed by atoms with Gasteiger partial charge in [-0.2, -0.15) is 0 Å². The molecule has 0 spiro atoms. The van der Waals surface area contributed by atoms with Crippen LogP contribution in [0.4, 0.5) is 0 Å². The van der Waals surface area contributed by atoms with Gasteiger partial charge in [0.05, 0.1) is 5.54 Å².